The first-order chi connectivity index (χ1) is 8.12. The van der Waals surface area contributed by atoms with Gasteiger partial charge in [0, 0.05) is 17.7 Å². The van der Waals surface area contributed by atoms with Gasteiger partial charge in [-0.15, -0.1) is 11.8 Å². The topological polar surface area (TPSA) is 49.4 Å². The number of rotatable bonds is 4. The van der Waals surface area contributed by atoms with E-state index in [2.05, 4.69) is 5.32 Å². The van der Waals surface area contributed by atoms with Gasteiger partial charge in [0.25, 0.3) is 0 Å². The SMILES string of the molecule is CN[C@H]1CSC(C)(C)N(C(C)(C)CC(C)=O)C1=O. The summed E-state index contributed by atoms with van der Waals surface area (Å²) in [5.74, 6) is 0.974. The van der Waals surface area contributed by atoms with Crippen LogP contribution in [0.1, 0.15) is 41.0 Å². The standard InChI is InChI=1S/C13H24N2O2S/c1-9(16)7-12(2,3)15-11(17)10(14-6)8-18-13(15,4)5/h10,14H,7-8H2,1-6H3/t10-/m0/s1. The molecule has 1 aliphatic heterocycles. The van der Waals surface area contributed by atoms with Crippen LogP contribution in [0, 0.1) is 0 Å². The highest BCUT2D eigenvalue weighted by atomic mass is 32.2. The molecule has 0 unspecified atom stereocenters. The van der Waals surface area contributed by atoms with Crippen molar-refractivity contribution >= 4 is 23.5 Å². The molecule has 0 spiro atoms. The Kier molecular flexibility index (Phi) is 4.49. The van der Waals surface area contributed by atoms with Crippen LogP contribution in [0.2, 0.25) is 0 Å². The molecule has 0 aliphatic carbocycles. The van der Waals surface area contributed by atoms with Crippen molar-refractivity contribution in [2.45, 2.75) is 57.5 Å². The molecule has 1 N–H and O–H groups in total. The maximum absolute atomic E-state index is 12.5. The van der Waals surface area contributed by atoms with Gasteiger partial charge in [-0.1, -0.05) is 0 Å². The van der Waals surface area contributed by atoms with Crippen molar-refractivity contribution in [3.8, 4) is 0 Å². The van der Waals surface area contributed by atoms with Gasteiger partial charge in [0.15, 0.2) is 0 Å². The monoisotopic (exact) mass is 272 g/mol. The lowest BCUT2D eigenvalue weighted by atomic mass is 9.93. The van der Waals surface area contributed by atoms with Gasteiger partial charge in [0.2, 0.25) is 5.91 Å². The fraction of sp³-hybridized carbons (Fsp3) is 0.846. The lowest BCUT2D eigenvalue weighted by Gasteiger charge is -2.52. The zero-order valence-electron chi connectivity index (χ0n) is 12.2. The first kappa shape index (κ1) is 15.5. The summed E-state index contributed by atoms with van der Waals surface area (Å²) in [7, 11) is 1.80. The number of hydrogen-bond acceptors (Lipinski definition) is 4. The van der Waals surface area contributed by atoms with Gasteiger partial charge in [-0.05, 0) is 41.7 Å². The molecule has 0 aromatic carbocycles. The van der Waals surface area contributed by atoms with Gasteiger partial charge in [-0.25, -0.2) is 0 Å². The van der Waals surface area contributed by atoms with Crippen LogP contribution in [0.15, 0.2) is 0 Å². The molecule has 0 aromatic rings. The van der Waals surface area contributed by atoms with E-state index in [1.807, 2.05) is 32.6 Å². The Morgan fingerprint density at radius 2 is 2.11 bits per heavy atom. The summed E-state index contributed by atoms with van der Waals surface area (Å²) >= 11 is 1.75. The van der Waals surface area contributed by atoms with Gasteiger partial charge >= 0.3 is 0 Å². The molecule has 104 valence electrons. The van der Waals surface area contributed by atoms with Crippen molar-refractivity contribution in [2.75, 3.05) is 12.8 Å². The van der Waals surface area contributed by atoms with Crippen LogP contribution in [0.4, 0.5) is 0 Å². The Labute approximate surface area is 114 Å². The van der Waals surface area contributed by atoms with Crippen molar-refractivity contribution in [2.24, 2.45) is 0 Å². The lowest BCUT2D eigenvalue weighted by Crippen LogP contribution is -2.65. The molecule has 1 rings (SSSR count). The molecule has 0 saturated carbocycles. The van der Waals surface area contributed by atoms with E-state index in [1.54, 1.807) is 25.7 Å². The Morgan fingerprint density at radius 3 is 2.56 bits per heavy atom. The normalized spacial score (nSPS) is 24.2. The molecule has 1 saturated heterocycles. The second-order valence-corrected chi connectivity index (χ2v) is 7.58. The van der Waals surface area contributed by atoms with Crippen LogP contribution < -0.4 is 5.32 Å². The Bertz CT molecular complexity index is 353. The third kappa shape index (κ3) is 3.06. The summed E-state index contributed by atoms with van der Waals surface area (Å²) in [5.41, 5.74) is -0.449. The summed E-state index contributed by atoms with van der Waals surface area (Å²) in [6.07, 6.45) is 0.388. The summed E-state index contributed by atoms with van der Waals surface area (Å²) in [6, 6.07) is -0.158. The predicted octanol–water partition coefficient (Wildman–Crippen LogP) is 1.64. The minimum atomic E-state index is -0.449. The predicted molar refractivity (Wildman–Crippen MR) is 75.6 cm³/mol. The van der Waals surface area contributed by atoms with E-state index < -0.39 is 5.54 Å². The van der Waals surface area contributed by atoms with Crippen molar-refractivity contribution in [1.82, 2.24) is 10.2 Å². The highest BCUT2D eigenvalue weighted by Crippen LogP contribution is 2.40. The number of amides is 1. The zero-order valence-corrected chi connectivity index (χ0v) is 13.0. The second-order valence-electron chi connectivity index (χ2n) is 5.96. The van der Waals surface area contributed by atoms with Crippen LogP contribution in [-0.2, 0) is 9.59 Å². The Hall–Kier alpha value is -0.550. The minimum Gasteiger partial charge on any atom is -0.322 e. The van der Waals surface area contributed by atoms with Crippen molar-refractivity contribution in [3.63, 3.8) is 0 Å². The molecule has 1 amide bonds. The summed E-state index contributed by atoms with van der Waals surface area (Å²) in [4.78, 5) is 25.5. The fourth-order valence-electron chi connectivity index (χ4n) is 2.77. The molecule has 1 fully saturated rings. The highest BCUT2D eigenvalue weighted by Gasteiger charge is 2.47. The quantitative estimate of drug-likeness (QED) is 0.845. The van der Waals surface area contributed by atoms with Crippen LogP contribution in [0.3, 0.4) is 0 Å². The van der Waals surface area contributed by atoms with E-state index in [0.717, 1.165) is 5.75 Å². The molecule has 1 heterocycles. The van der Waals surface area contributed by atoms with Gasteiger partial charge in [-0.2, -0.15) is 0 Å². The average Bonchev–Trinajstić information content (AvgIpc) is 2.13. The molecule has 18 heavy (non-hydrogen) atoms. The molecule has 0 bridgehead atoms. The summed E-state index contributed by atoms with van der Waals surface area (Å²) in [5, 5.41) is 3.05. The zero-order chi connectivity index (χ0) is 14.1. The van der Waals surface area contributed by atoms with Gasteiger partial charge in [-0.3, -0.25) is 9.59 Å². The number of likely N-dealkylation sites (N-methyl/N-ethyl adjacent to an activating group) is 1. The number of nitrogens with zero attached hydrogens (tertiary/aromatic N) is 1. The fourth-order valence-corrected chi connectivity index (χ4v) is 4.12. The van der Waals surface area contributed by atoms with E-state index in [1.165, 1.54) is 0 Å². The third-order valence-corrected chi connectivity index (χ3v) is 4.68. The largest absolute Gasteiger partial charge is 0.322 e. The van der Waals surface area contributed by atoms with Crippen molar-refractivity contribution < 1.29 is 9.59 Å². The number of ketones is 1. The molecule has 1 aliphatic rings. The van der Waals surface area contributed by atoms with Crippen LogP contribution in [0.25, 0.3) is 0 Å². The van der Waals surface area contributed by atoms with Crippen LogP contribution >= 0.6 is 11.8 Å². The van der Waals surface area contributed by atoms with E-state index in [-0.39, 0.29) is 22.6 Å². The summed E-state index contributed by atoms with van der Waals surface area (Å²) < 4.78 is 0. The first-order valence-corrected chi connectivity index (χ1v) is 7.25. The number of carbonyl (C=O) groups is 2. The van der Waals surface area contributed by atoms with Crippen LogP contribution in [0.5, 0.6) is 0 Å². The highest BCUT2D eigenvalue weighted by molar-refractivity contribution is 8.00. The van der Waals surface area contributed by atoms with E-state index in [4.69, 9.17) is 0 Å². The van der Waals surface area contributed by atoms with Crippen molar-refractivity contribution in [1.29, 1.82) is 0 Å². The maximum atomic E-state index is 12.5. The average molecular weight is 272 g/mol. The number of carbonyl (C=O) groups excluding carboxylic acids is 2. The van der Waals surface area contributed by atoms with E-state index in [9.17, 15) is 9.59 Å². The van der Waals surface area contributed by atoms with Gasteiger partial charge in [0.05, 0.1) is 10.9 Å². The van der Waals surface area contributed by atoms with Gasteiger partial charge < -0.3 is 10.2 Å². The summed E-state index contributed by atoms with van der Waals surface area (Å²) in [6.45, 7) is 9.60. The second kappa shape index (κ2) is 5.21. The van der Waals surface area contributed by atoms with Crippen molar-refractivity contribution in [3.05, 3.63) is 0 Å². The smallest absolute Gasteiger partial charge is 0.242 e. The van der Waals surface area contributed by atoms with Crippen LogP contribution in [-0.4, -0.2) is 45.8 Å². The lowest BCUT2D eigenvalue weighted by molar-refractivity contribution is -0.144. The Morgan fingerprint density at radius 1 is 1.56 bits per heavy atom. The number of Topliss-reactive ketones (excluding diaryl/α,β-unsaturated/α-hetero) is 1. The number of hydrogen-bond donors (Lipinski definition) is 1. The van der Waals surface area contributed by atoms with E-state index >= 15 is 0 Å². The minimum absolute atomic E-state index is 0.0903. The number of thioether (sulfide) groups is 1. The molecule has 1 atom stereocenters. The molecule has 0 radical (unpaired) electrons. The first-order valence-electron chi connectivity index (χ1n) is 6.26. The third-order valence-electron chi connectivity index (χ3n) is 3.30. The number of nitrogens with one attached hydrogen (secondary N) is 1. The Balaban J connectivity index is 3.06. The molecular formula is C13H24N2O2S. The van der Waals surface area contributed by atoms with Gasteiger partial charge in [0.1, 0.15) is 5.78 Å². The maximum Gasteiger partial charge on any atom is 0.242 e. The molecule has 0 aromatic heterocycles. The van der Waals surface area contributed by atoms with E-state index in [0.29, 0.717) is 6.42 Å². The molecular weight excluding hydrogens is 248 g/mol. The molecule has 4 nitrogen and oxygen atoms in total. The molecule has 5 heteroatoms.